The average molecular weight is 224 g/mol. The van der Waals surface area contributed by atoms with Gasteiger partial charge in [-0.15, -0.1) is 0 Å². The summed E-state index contributed by atoms with van der Waals surface area (Å²) in [5.74, 6) is 1.11. The van der Waals surface area contributed by atoms with Crippen molar-refractivity contribution >= 4 is 17.9 Å². The predicted molar refractivity (Wildman–Crippen MR) is 60.5 cm³/mol. The van der Waals surface area contributed by atoms with Crippen molar-refractivity contribution in [3.05, 3.63) is 28.0 Å². The number of fused-ring (bicyclic) bond motifs is 1. The SMILES string of the molecule is CC1Cc2cc(C=O)c(Cl)nc2C(C)C1. The fraction of sp³-hybridized carbons (Fsp3) is 0.500. The van der Waals surface area contributed by atoms with E-state index in [9.17, 15) is 4.79 Å². The van der Waals surface area contributed by atoms with Gasteiger partial charge in [-0.1, -0.05) is 25.4 Å². The van der Waals surface area contributed by atoms with Gasteiger partial charge in [0, 0.05) is 5.69 Å². The van der Waals surface area contributed by atoms with E-state index in [1.807, 2.05) is 6.07 Å². The Balaban J connectivity index is 2.51. The summed E-state index contributed by atoms with van der Waals surface area (Å²) in [7, 11) is 0. The first-order valence-electron chi connectivity index (χ1n) is 5.26. The van der Waals surface area contributed by atoms with Crippen LogP contribution in [0.15, 0.2) is 6.07 Å². The maximum Gasteiger partial charge on any atom is 0.153 e. The molecule has 2 rings (SSSR count). The van der Waals surface area contributed by atoms with E-state index in [1.165, 1.54) is 5.56 Å². The van der Waals surface area contributed by atoms with Crippen LogP contribution in [0.4, 0.5) is 0 Å². The molecule has 0 spiro atoms. The largest absolute Gasteiger partial charge is 0.298 e. The number of carbonyl (C=O) groups excluding carboxylic acids is 1. The van der Waals surface area contributed by atoms with E-state index in [0.717, 1.165) is 24.8 Å². The summed E-state index contributed by atoms with van der Waals surface area (Å²) in [6, 6.07) is 1.89. The molecule has 2 atom stereocenters. The van der Waals surface area contributed by atoms with Crippen LogP contribution in [0.5, 0.6) is 0 Å². The maximum absolute atomic E-state index is 10.8. The molecule has 1 aromatic rings. The molecule has 0 N–H and O–H groups in total. The Morgan fingerprint density at radius 2 is 2.27 bits per heavy atom. The van der Waals surface area contributed by atoms with Gasteiger partial charge < -0.3 is 0 Å². The van der Waals surface area contributed by atoms with Crippen molar-refractivity contribution in [2.75, 3.05) is 0 Å². The van der Waals surface area contributed by atoms with Crippen molar-refractivity contribution in [1.29, 1.82) is 0 Å². The summed E-state index contributed by atoms with van der Waals surface area (Å²) in [6.07, 6.45) is 2.93. The molecule has 0 saturated heterocycles. The van der Waals surface area contributed by atoms with E-state index in [2.05, 4.69) is 18.8 Å². The molecule has 80 valence electrons. The molecule has 0 amide bonds. The number of aldehydes is 1. The number of hydrogen-bond donors (Lipinski definition) is 0. The fourth-order valence-corrected chi connectivity index (χ4v) is 2.60. The third-order valence-corrected chi connectivity index (χ3v) is 3.34. The van der Waals surface area contributed by atoms with E-state index < -0.39 is 0 Å². The highest BCUT2D eigenvalue weighted by molar-refractivity contribution is 6.31. The lowest BCUT2D eigenvalue weighted by Gasteiger charge is -2.26. The minimum Gasteiger partial charge on any atom is -0.298 e. The van der Waals surface area contributed by atoms with Crippen LogP contribution in [-0.4, -0.2) is 11.3 Å². The lowest BCUT2D eigenvalue weighted by Crippen LogP contribution is -2.17. The average Bonchev–Trinajstić information content (AvgIpc) is 2.18. The number of nitrogens with zero attached hydrogens (tertiary/aromatic N) is 1. The molecule has 15 heavy (non-hydrogen) atoms. The Morgan fingerprint density at radius 1 is 1.53 bits per heavy atom. The summed E-state index contributed by atoms with van der Waals surface area (Å²) in [5.41, 5.74) is 2.77. The lowest BCUT2D eigenvalue weighted by atomic mass is 9.81. The predicted octanol–water partition coefficient (Wildman–Crippen LogP) is 3.23. The fourth-order valence-electron chi connectivity index (χ4n) is 2.41. The van der Waals surface area contributed by atoms with Crippen LogP contribution in [-0.2, 0) is 6.42 Å². The highest BCUT2D eigenvalue weighted by atomic mass is 35.5. The van der Waals surface area contributed by atoms with Crippen molar-refractivity contribution in [3.8, 4) is 0 Å². The van der Waals surface area contributed by atoms with Gasteiger partial charge in [-0.25, -0.2) is 4.98 Å². The first kappa shape index (κ1) is 10.6. The van der Waals surface area contributed by atoms with Crippen LogP contribution in [0.3, 0.4) is 0 Å². The van der Waals surface area contributed by atoms with Gasteiger partial charge in [-0.3, -0.25) is 4.79 Å². The number of carbonyl (C=O) groups is 1. The molecular formula is C12H14ClNO. The maximum atomic E-state index is 10.8. The zero-order valence-electron chi connectivity index (χ0n) is 8.96. The second kappa shape index (κ2) is 3.93. The smallest absolute Gasteiger partial charge is 0.153 e. The summed E-state index contributed by atoms with van der Waals surface area (Å²) in [5, 5.41) is 0.338. The molecule has 0 saturated carbocycles. The molecule has 1 heterocycles. The molecule has 0 aromatic carbocycles. The van der Waals surface area contributed by atoms with Crippen molar-refractivity contribution in [2.24, 2.45) is 5.92 Å². The standard InChI is InChI=1S/C12H14ClNO/c1-7-3-8(2)11-9(4-7)5-10(6-15)12(13)14-11/h5-8H,3-4H2,1-2H3. The molecular weight excluding hydrogens is 210 g/mol. The number of aromatic nitrogens is 1. The molecule has 1 aromatic heterocycles. The van der Waals surface area contributed by atoms with Crippen LogP contribution >= 0.6 is 11.6 Å². The minimum absolute atomic E-state index is 0.338. The van der Waals surface area contributed by atoms with Gasteiger partial charge in [-0.05, 0) is 36.3 Å². The third kappa shape index (κ3) is 1.91. The van der Waals surface area contributed by atoms with Gasteiger partial charge in [0.05, 0.1) is 5.56 Å². The highest BCUT2D eigenvalue weighted by Gasteiger charge is 2.24. The van der Waals surface area contributed by atoms with Gasteiger partial charge in [0.2, 0.25) is 0 Å². The van der Waals surface area contributed by atoms with Crippen LogP contribution in [0.25, 0.3) is 0 Å². The van der Waals surface area contributed by atoms with Gasteiger partial charge in [0.15, 0.2) is 6.29 Å². The Kier molecular flexibility index (Phi) is 2.79. The van der Waals surface area contributed by atoms with Crippen molar-refractivity contribution < 1.29 is 4.79 Å². The topological polar surface area (TPSA) is 30.0 Å². The zero-order chi connectivity index (χ0) is 11.0. The van der Waals surface area contributed by atoms with Crippen LogP contribution in [0.1, 0.15) is 47.8 Å². The molecule has 0 radical (unpaired) electrons. The Bertz CT molecular complexity index is 403. The molecule has 2 nitrogen and oxygen atoms in total. The summed E-state index contributed by atoms with van der Waals surface area (Å²) < 4.78 is 0. The highest BCUT2D eigenvalue weighted by Crippen LogP contribution is 2.34. The van der Waals surface area contributed by atoms with Crippen LogP contribution in [0.2, 0.25) is 5.15 Å². The van der Waals surface area contributed by atoms with E-state index >= 15 is 0 Å². The quantitative estimate of drug-likeness (QED) is 0.541. The van der Waals surface area contributed by atoms with E-state index in [-0.39, 0.29) is 0 Å². The Hall–Kier alpha value is -0.890. The van der Waals surface area contributed by atoms with Crippen molar-refractivity contribution in [3.63, 3.8) is 0 Å². The number of hydrogen-bond acceptors (Lipinski definition) is 2. The molecule has 1 aliphatic rings. The number of rotatable bonds is 1. The first-order chi connectivity index (χ1) is 7.11. The van der Waals surface area contributed by atoms with Crippen LogP contribution in [0, 0.1) is 5.92 Å². The lowest BCUT2D eigenvalue weighted by molar-refractivity contribution is 0.112. The van der Waals surface area contributed by atoms with Gasteiger partial charge in [0.1, 0.15) is 5.15 Å². The van der Waals surface area contributed by atoms with Gasteiger partial charge >= 0.3 is 0 Å². The molecule has 0 aliphatic heterocycles. The van der Waals surface area contributed by atoms with Gasteiger partial charge in [0.25, 0.3) is 0 Å². The van der Waals surface area contributed by atoms with E-state index in [0.29, 0.717) is 22.6 Å². The molecule has 1 aliphatic carbocycles. The third-order valence-electron chi connectivity index (χ3n) is 3.03. The Morgan fingerprint density at radius 3 is 2.93 bits per heavy atom. The number of halogens is 1. The van der Waals surface area contributed by atoms with E-state index in [1.54, 1.807) is 0 Å². The summed E-state index contributed by atoms with van der Waals surface area (Å²) >= 11 is 5.92. The number of pyridine rings is 1. The van der Waals surface area contributed by atoms with E-state index in [4.69, 9.17) is 11.6 Å². The van der Waals surface area contributed by atoms with Crippen molar-refractivity contribution in [2.45, 2.75) is 32.6 Å². The molecule has 2 unspecified atom stereocenters. The Labute approximate surface area is 94.7 Å². The first-order valence-corrected chi connectivity index (χ1v) is 5.64. The minimum atomic E-state index is 0.338. The molecule has 3 heteroatoms. The van der Waals surface area contributed by atoms with Gasteiger partial charge in [-0.2, -0.15) is 0 Å². The normalized spacial score (nSPS) is 24.7. The van der Waals surface area contributed by atoms with Crippen molar-refractivity contribution in [1.82, 2.24) is 4.98 Å². The molecule has 0 fully saturated rings. The monoisotopic (exact) mass is 223 g/mol. The summed E-state index contributed by atoms with van der Waals surface area (Å²) in [6.45, 7) is 4.40. The second-order valence-corrected chi connectivity index (χ2v) is 4.83. The summed E-state index contributed by atoms with van der Waals surface area (Å²) in [4.78, 5) is 15.1. The molecule has 0 bridgehead atoms. The second-order valence-electron chi connectivity index (χ2n) is 4.48. The van der Waals surface area contributed by atoms with Crippen LogP contribution < -0.4 is 0 Å². The zero-order valence-corrected chi connectivity index (χ0v) is 9.71.